The van der Waals surface area contributed by atoms with E-state index >= 15 is 0 Å². The number of carbonyl (C=O) groups excluding carboxylic acids is 1. The number of fused-ring (bicyclic) bond motifs is 1. The van der Waals surface area contributed by atoms with Gasteiger partial charge in [-0.25, -0.2) is 0 Å². The molecule has 0 aliphatic heterocycles. The molecular weight excluding hydrogens is 319 g/mol. The van der Waals surface area contributed by atoms with Gasteiger partial charge in [0.25, 0.3) is 0 Å². The van der Waals surface area contributed by atoms with Crippen LogP contribution in [0.1, 0.15) is 11.1 Å². The van der Waals surface area contributed by atoms with Crippen molar-refractivity contribution in [3.63, 3.8) is 0 Å². The Balaban J connectivity index is 1.64. The summed E-state index contributed by atoms with van der Waals surface area (Å²) in [5.74, 6) is -0.0224. The maximum absolute atomic E-state index is 12.1. The first-order valence-corrected chi connectivity index (χ1v) is 7.64. The smallest absolute Gasteiger partial charge is 0.224 e. The molecule has 0 unspecified atom stereocenters. The average Bonchev–Trinajstić information content (AvgIpc) is 2.89. The van der Waals surface area contributed by atoms with Crippen LogP contribution < -0.4 is 5.32 Å². The Hall–Kier alpha value is -1.97. The lowest BCUT2D eigenvalue weighted by molar-refractivity contribution is -0.120. The van der Waals surface area contributed by atoms with Gasteiger partial charge in [0.1, 0.15) is 0 Å². The highest BCUT2D eigenvalue weighted by Gasteiger charge is 2.09. The fourth-order valence-electron chi connectivity index (χ4n) is 2.34. The van der Waals surface area contributed by atoms with E-state index in [2.05, 4.69) is 10.3 Å². The number of hydrogen-bond donors (Lipinski definition) is 2. The van der Waals surface area contributed by atoms with E-state index in [4.69, 9.17) is 23.2 Å². The van der Waals surface area contributed by atoms with E-state index in [1.54, 1.807) is 0 Å². The Labute approximate surface area is 138 Å². The van der Waals surface area contributed by atoms with Crippen LogP contribution >= 0.6 is 23.2 Å². The van der Waals surface area contributed by atoms with Crippen molar-refractivity contribution in [2.24, 2.45) is 0 Å². The molecule has 3 rings (SSSR count). The molecule has 0 radical (unpaired) electrons. The van der Waals surface area contributed by atoms with Crippen LogP contribution in [-0.2, 0) is 17.8 Å². The highest BCUT2D eigenvalue weighted by atomic mass is 35.5. The Morgan fingerprint density at radius 3 is 2.55 bits per heavy atom. The number of H-pyrrole nitrogens is 1. The SMILES string of the molecule is O=C(Cc1c[nH]c2cc(Cl)ccc12)NCc1ccc(Cl)cc1. The molecule has 0 saturated carbocycles. The zero-order chi connectivity index (χ0) is 15.5. The number of carbonyl (C=O) groups is 1. The fourth-order valence-corrected chi connectivity index (χ4v) is 2.64. The lowest BCUT2D eigenvalue weighted by Crippen LogP contribution is -2.24. The second kappa shape index (κ2) is 6.42. The third-order valence-electron chi connectivity index (χ3n) is 3.48. The van der Waals surface area contributed by atoms with Gasteiger partial charge in [-0.1, -0.05) is 41.4 Å². The minimum atomic E-state index is -0.0224. The molecule has 1 aromatic heterocycles. The van der Waals surface area contributed by atoms with Crippen molar-refractivity contribution in [2.45, 2.75) is 13.0 Å². The maximum atomic E-state index is 12.1. The molecule has 5 heteroatoms. The van der Waals surface area contributed by atoms with Gasteiger partial charge in [-0.2, -0.15) is 0 Å². The van der Waals surface area contributed by atoms with Gasteiger partial charge in [0.15, 0.2) is 0 Å². The summed E-state index contributed by atoms with van der Waals surface area (Å²) in [4.78, 5) is 15.2. The second-order valence-electron chi connectivity index (χ2n) is 5.08. The summed E-state index contributed by atoms with van der Waals surface area (Å²) in [6, 6.07) is 13.0. The van der Waals surface area contributed by atoms with E-state index in [9.17, 15) is 4.79 Å². The number of amides is 1. The van der Waals surface area contributed by atoms with Gasteiger partial charge in [0.2, 0.25) is 5.91 Å². The third-order valence-corrected chi connectivity index (χ3v) is 3.97. The van der Waals surface area contributed by atoms with Gasteiger partial charge in [0, 0.05) is 33.7 Å². The number of aromatic nitrogens is 1. The summed E-state index contributed by atoms with van der Waals surface area (Å²) in [5, 5.41) is 5.29. The van der Waals surface area contributed by atoms with Crippen molar-refractivity contribution >= 4 is 40.0 Å². The van der Waals surface area contributed by atoms with Crippen LogP contribution in [0.25, 0.3) is 10.9 Å². The molecule has 0 aliphatic rings. The molecule has 112 valence electrons. The molecule has 22 heavy (non-hydrogen) atoms. The third kappa shape index (κ3) is 3.43. The van der Waals surface area contributed by atoms with Crippen molar-refractivity contribution in [3.05, 3.63) is 69.8 Å². The molecule has 0 atom stereocenters. The summed E-state index contributed by atoms with van der Waals surface area (Å²) < 4.78 is 0. The summed E-state index contributed by atoms with van der Waals surface area (Å²) in [6.45, 7) is 0.490. The first-order valence-electron chi connectivity index (χ1n) is 6.88. The van der Waals surface area contributed by atoms with Gasteiger partial charge in [-0.15, -0.1) is 0 Å². The minimum Gasteiger partial charge on any atom is -0.361 e. The van der Waals surface area contributed by atoms with Crippen molar-refractivity contribution in [2.75, 3.05) is 0 Å². The molecule has 2 aromatic carbocycles. The number of hydrogen-bond acceptors (Lipinski definition) is 1. The molecule has 0 bridgehead atoms. The van der Waals surface area contributed by atoms with Crippen molar-refractivity contribution in [1.82, 2.24) is 10.3 Å². The first kappa shape index (κ1) is 14.9. The van der Waals surface area contributed by atoms with E-state index in [1.165, 1.54) is 0 Å². The lowest BCUT2D eigenvalue weighted by Gasteiger charge is -2.05. The maximum Gasteiger partial charge on any atom is 0.224 e. The highest BCUT2D eigenvalue weighted by molar-refractivity contribution is 6.31. The topological polar surface area (TPSA) is 44.9 Å². The van der Waals surface area contributed by atoms with Crippen LogP contribution in [0.3, 0.4) is 0 Å². The molecule has 0 aliphatic carbocycles. The number of halogens is 2. The minimum absolute atomic E-state index is 0.0224. The van der Waals surface area contributed by atoms with Crippen LogP contribution in [0.4, 0.5) is 0 Å². The van der Waals surface area contributed by atoms with Crippen LogP contribution in [-0.4, -0.2) is 10.9 Å². The van der Waals surface area contributed by atoms with Crippen LogP contribution in [0.5, 0.6) is 0 Å². The fraction of sp³-hybridized carbons (Fsp3) is 0.118. The first-order chi connectivity index (χ1) is 10.6. The van der Waals surface area contributed by atoms with E-state index in [1.807, 2.05) is 48.7 Å². The van der Waals surface area contributed by atoms with Crippen molar-refractivity contribution in [1.29, 1.82) is 0 Å². The zero-order valence-corrected chi connectivity index (χ0v) is 13.2. The van der Waals surface area contributed by atoms with Crippen LogP contribution in [0, 0.1) is 0 Å². The molecule has 3 aromatic rings. The number of aromatic amines is 1. The van der Waals surface area contributed by atoms with Gasteiger partial charge in [-0.05, 0) is 35.4 Å². The molecule has 1 amide bonds. The Kier molecular flexibility index (Phi) is 4.36. The number of benzene rings is 2. The molecule has 3 nitrogen and oxygen atoms in total. The predicted molar refractivity (Wildman–Crippen MR) is 90.3 cm³/mol. The average molecular weight is 333 g/mol. The van der Waals surface area contributed by atoms with Crippen LogP contribution in [0.15, 0.2) is 48.7 Å². The molecule has 2 N–H and O–H groups in total. The Bertz CT molecular complexity index is 809. The lowest BCUT2D eigenvalue weighted by atomic mass is 10.1. The van der Waals surface area contributed by atoms with Crippen molar-refractivity contribution < 1.29 is 4.79 Å². The Morgan fingerprint density at radius 2 is 1.77 bits per heavy atom. The molecule has 0 fully saturated rings. The predicted octanol–water partition coefficient (Wildman–Crippen LogP) is 4.33. The van der Waals surface area contributed by atoms with Gasteiger partial charge >= 0.3 is 0 Å². The normalized spacial score (nSPS) is 10.8. The Morgan fingerprint density at radius 1 is 1.05 bits per heavy atom. The van der Waals surface area contributed by atoms with Gasteiger partial charge in [0.05, 0.1) is 6.42 Å². The largest absolute Gasteiger partial charge is 0.361 e. The number of rotatable bonds is 4. The van der Waals surface area contributed by atoms with Crippen molar-refractivity contribution in [3.8, 4) is 0 Å². The second-order valence-corrected chi connectivity index (χ2v) is 5.96. The van der Waals surface area contributed by atoms with E-state index < -0.39 is 0 Å². The summed E-state index contributed by atoms with van der Waals surface area (Å²) in [7, 11) is 0. The summed E-state index contributed by atoms with van der Waals surface area (Å²) >= 11 is 11.8. The van der Waals surface area contributed by atoms with E-state index in [0.717, 1.165) is 22.0 Å². The van der Waals surface area contributed by atoms with Gasteiger partial charge in [-0.3, -0.25) is 4.79 Å². The molecule has 1 heterocycles. The molecule has 0 spiro atoms. The standard InChI is InChI=1S/C17H14Cl2N2O/c18-13-3-1-11(2-4-13)9-21-17(22)7-12-10-20-16-8-14(19)5-6-15(12)16/h1-6,8,10,20H,7,9H2,(H,21,22). The highest BCUT2D eigenvalue weighted by Crippen LogP contribution is 2.22. The quantitative estimate of drug-likeness (QED) is 0.733. The van der Waals surface area contributed by atoms with E-state index in [0.29, 0.717) is 23.0 Å². The number of nitrogens with one attached hydrogen (secondary N) is 2. The molecular formula is C17H14Cl2N2O. The summed E-state index contributed by atoms with van der Waals surface area (Å²) in [6.07, 6.45) is 2.18. The van der Waals surface area contributed by atoms with Crippen LogP contribution in [0.2, 0.25) is 10.0 Å². The molecule has 0 saturated heterocycles. The zero-order valence-electron chi connectivity index (χ0n) is 11.7. The van der Waals surface area contributed by atoms with Gasteiger partial charge < -0.3 is 10.3 Å². The summed E-state index contributed by atoms with van der Waals surface area (Å²) in [5.41, 5.74) is 2.91. The van der Waals surface area contributed by atoms with E-state index in [-0.39, 0.29) is 5.91 Å². The monoisotopic (exact) mass is 332 g/mol.